The van der Waals surface area contributed by atoms with E-state index in [2.05, 4.69) is 19.1 Å². The second-order valence-electron chi connectivity index (χ2n) is 8.82. The number of fused-ring (bicyclic) bond motifs is 1. The number of carbonyl (C=O) groups is 1. The molecule has 1 aliphatic rings. The minimum absolute atomic E-state index is 0.185. The molecule has 2 aromatic carbocycles. The monoisotopic (exact) mass is 486 g/mol. The predicted octanol–water partition coefficient (Wildman–Crippen LogP) is 3.91. The van der Waals surface area contributed by atoms with Gasteiger partial charge in [-0.3, -0.25) is 9.69 Å². The molecule has 176 valence electrons. The number of carbonyl (C=O) groups excluding carboxylic acids is 1. The number of anilines is 1. The lowest BCUT2D eigenvalue weighted by Crippen LogP contribution is -2.36. The Balaban J connectivity index is 1.65. The van der Waals surface area contributed by atoms with Crippen molar-refractivity contribution < 1.29 is 13.2 Å². The number of nitrogens with zero attached hydrogens (tertiary/aromatic N) is 4. The first-order chi connectivity index (χ1) is 15.7. The normalized spacial score (nSPS) is 14.9. The lowest BCUT2D eigenvalue weighted by molar-refractivity contribution is 0.0985. The van der Waals surface area contributed by atoms with Crippen LogP contribution in [-0.4, -0.2) is 68.8 Å². The van der Waals surface area contributed by atoms with Gasteiger partial charge in [-0.25, -0.2) is 13.4 Å². The number of aromatic nitrogens is 1. The molecule has 0 aliphatic carbocycles. The highest BCUT2D eigenvalue weighted by Gasteiger charge is 2.28. The summed E-state index contributed by atoms with van der Waals surface area (Å²) in [6.45, 7) is 6.36. The highest BCUT2D eigenvalue weighted by atomic mass is 32.2. The molecule has 0 atom stereocenters. The van der Waals surface area contributed by atoms with Gasteiger partial charge in [0.15, 0.2) is 5.13 Å². The average Bonchev–Trinajstić information content (AvgIpc) is 3.44. The number of hydrogen-bond donors (Lipinski definition) is 0. The zero-order valence-corrected chi connectivity index (χ0v) is 21.2. The molecule has 1 aliphatic heterocycles. The fourth-order valence-corrected chi connectivity index (χ4v) is 6.74. The van der Waals surface area contributed by atoms with Crippen LogP contribution in [0.25, 0.3) is 10.2 Å². The summed E-state index contributed by atoms with van der Waals surface area (Å²) in [6, 6.07) is 10.5. The standard InChI is InChI=1S/C24H30N4O3S2/c1-17-15-18(2)22-21(16-17)32-24(25-22)28(14-13-26(3)4)23(29)19-7-9-20(10-8-19)33(30,31)27-11-5-6-12-27/h7-10,15-16H,5-6,11-14H2,1-4H3. The molecular formula is C24H30N4O3S2. The van der Waals surface area contributed by atoms with Crippen LogP contribution in [0.15, 0.2) is 41.3 Å². The Morgan fingerprint density at radius 3 is 2.36 bits per heavy atom. The van der Waals surface area contributed by atoms with E-state index in [0.717, 1.165) is 34.2 Å². The third kappa shape index (κ3) is 4.96. The molecule has 0 saturated carbocycles. The van der Waals surface area contributed by atoms with Gasteiger partial charge in [-0.05, 0) is 82.2 Å². The summed E-state index contributed by atoms with van der Waals surface area (Å²) in [7, 11) is 0.420. The summed E-state index contributed by atoms with van der Waals surface area (Å²) < 4.78 is 28.2. The van der Waals surface area contributed by atoms with Gasteiger partial charge in [0.05, 0.1) is 15.1 Å². The fraction of sp³-hybridized carbons (Fsp3) is 0.417. The first-order valence-electron chi connectivity index (χ1n) is 11.1. The smallest absolute Gasteiger partial charge is 0.260 e. The summed E-state index contributed by atoms with van der Waals surface area (Å²) >= 11 is 1.51. The number of hydrogen-bond acceptors (Lipinski definition) is 6. The average molecular weight is 487 g/mol. The number of thiazole rings is 1. The van der Waals surface area contributed by atoms with E-state index in [4.69, 9.17) is 4.98 Å². The first-order valence-corrected chi connectivity index (χ1v) is 13.4. The molecule has 7 nitrogen and oxygen atoms in total. The van der Waals surface area contributed by atoms with Gasteiger partial charge in [0, 0.05) is 31.7 Å². The van der Waals surface area contributed by atoms with Gasteiger partial charge in [0.1, 0.15) is 0 Å². The van der Waals surface area contributed by atoms with Gasteiger partial charge >= 0.3 is 0 Å². The molecule has 0 spiro atoms. The van der Waals surface area contributed by atoms with Gasteiger partial charge in [-0.1, -0.05) is 17.4 Å². The van der Waals surface area contributed by atoms with E-state index in [-0.39, 0.29) is 10.8 Å². The van der Waals surface area contributed by atoms with E-state index in [9.17, 15) is 13.2 Å². The molecule has 1 saturated heterocycles. The summed E-state index contributed by atoms with van der Waals surface area (Å²) in [4.78, 5) is 22.3. The molecule has 33 heavy (non-hydrogen) atoms. The van der Waals surface area contributed by atoms with Crippen molar-refractivity contribution in [3.63, 3.8) is 0 Å². The third-order valence-corrected chi connectivity index (χ3v) is 8.81. The molecule has 1 fully saturated rings. The van der Waals surface area contributed by atoms with Crippen LogP contribution in [-0.2, 0) is 10.0 Å². The maximum atomic E-state index is 13.5. The zero-order chi connectivity index (χ0) is 23.8. The van der Waals surface area contributed by atoms with E-state index in [1.54, 1.807) is 17.0 Å². The second-order valence-corrected chi connectivity index (χ2v) is 11.8. The second kappa shape index (κ2) is 9.50. The lowest BCUT2D eigenvalue weighted by atomic mass is 10.1. The van der Waals surface area contributed by atoms with Gasteiger partial charge in [-0.2, -0.15) is 4.31 Å². The first kappa shape index (κ1) is 23.8. The van der Waals surface area contributed by atoms with Gasteiger partial charge in [-0.15, -0.1) is 0 Å². The van der Waals surface area contributed by atoms with E-state index in [1.165, 1.54) is 27.8 Å². The highest BCUT2D eigenvalue weighted by molar-refractivity contribution is 7.89. The van der Waals surface area contributed by atoms with Crippen molar-refractivity contribution in [2.75, 3.05) is 45.2 Å². The van der Waals surface area contributed by atoms with Crippen LogP contribution in [0.3, 0.4) is 0 Å². The zero-order valence-electron chi connectivity index (χ0n) is 19.5. The summed E-state index contributed by atoms with van der Waals surface area (Å²) in [5, 5.41) is 0.652. The Kier molecular flexibility index (Phi) is 6.86. The van der Waals surface area contributed by atoms with Crippen molar-refractivity contribution in [1.29, 1.82) is 0 Å². The number of sulfonamides is 1. The fourth-order valence-electron chi connectivity index (χ4n) is 4.06. The van der Waals surface area contributed by atoms with Crippen LogP contribution < -0.4 is 4.90 Å². The number of amides is 1. The van der Waals surface area contributed by atoms with Crippen LogP contribution >= 0.6 is 11.3 Å². The molecule has 3 aromatic rings. The molecule has 1 amide bonds. The van der Waals surface area contributed by atoms with Crippen molar-refractivity contribution in [2.24, 2.45) is 0 Å². The Hall–Kier alpha value is -2.33. The van der Waals surface area contributed by atoms with Gasteiger partial charge in [0.2, 0.25) is 10.0 Å². The summed E-state index contributed by atoms with van der Waals surface area (Å²) in [6.07, 6.45) is 1.77. The SMILES string of the molecule is Cc1cc(C)c2nc(N(CCN(C)C)C(=O)c3ccc(S(=O)(=O)N4CCCC4)cc3)sc2c1. The van der Waals surface area contributed by atoms with E-state index < -0.39 is 10.0 Å². The number of benzene rings is 2. The van der Waals surface area contributed by atoms with Crippen molar-refractivity contribution >= 4 is 42.6 Å². The number of likely N-dealkylation sites (N-methyl/N-ethyl adjacent to an activating group) is 1. The van der Waals surface area contributed by atoms with Crippen LogP contribution in [0.1, 0.15) is 34.3 Å². The molecule has 1 aromatic heterocycles. The third-order valence-electron chi connectivity index (χ3n) is 5.87. The van der Waals surface area contributed by atoms with Crippen LogP contribution in [0.4, 0.5) is 5.13 Å². The molecule has 0 unspecified atom stereocenters. The molecule has 2 heterocycles. The number of rotatable bonds is 7. The lowest BCUT2D eigenvalue weighted by Gasteiger charge is -2.22. The van der Waals surface area contributed by atoms with E-state index >= 15 is 0 Å². The maximum absolute atomic E-state index is 13.5. The summed E-state index contributed by atoms with van der Waals surface area (Å²) in [5.74, 6) is -0.185. The van der Waals surface area contributed by atoms with Crippen LogP contribution in [0, 0.1) is 13.8 Å². The minimum atomic E-state index is -3.51. The summed E-state index contributed by atoms with van der Waals surface area (Å²) in [5.41, 5.74) is 3.61. The van der Waals surface area contributed by atoms with Crippen LogP contribution in [0.2, 0.25) is 0 Å². The maximum Gasteiger partial charge on any atom is 0.260 e. The minimum Gasteiger partial charge on any atom is -0.308 e. The molecular weight excluding hydrogens is 456 g/mol. The molecule has 0 N–H and O–H groups in total. The molecule has 0 bridgehead atoms. The van der Waals surface area contributed by atoms with E-state index in [1.807, 2.05) is 25.9 Å². The Labute approximate surface area is 199 Å². The largest absolute Gasteiger partial charge is 0.308 e. The number of aryl methyl sites for hydroxylation is 2. The topological polar surface area (TPSA) is 73.8 Å². The highest BCUT2D eigenvalue weighted by Crippen LogP contribution is 2.32. The van der Waals surface area contributed by atoms with E-state index in [0.29, 0.717) is 36.9 Å². The van der Waals surface area contributed by atoms with Gasteiger partial charge < -0.3 is 4.90 Å². The Bertz CT molecular complexity index is 1260. The van der Waals surface area contributed by atoms with Crippen LogP contribution in [0.5, 0.6) is 0 Å². The van der Waals surface area contributed by atoms with Crippen molar-refractivity contribution in [3.05, 3.63) is 53.1 Å². The predicted molar refractivity (Wildman–Crippen MR) is 134 cm³/mol. The Morgan fingerprint density at radius 2 is 1.73 bits per heavy atom. The van der Waals surface area contributed by atoms with Crippen molar-refractivity contribution in [1.82, 2.24) is 14.2 Å². The molecule has 4 rings (SSSR count). The molecule has 9 heteroatoms. The van der Waals surface area contributed by atoms with Gasteiger partial charge in [0.25, 0.3) is 5.91 Å². The van der Waals surface area contributed by atoms with Crippen molar-refractivity contribution in [2.45, 2.75) is 31.6 Å². The quantitative estimate of drug-likeness (QED) is 0.506. The van der Waals surface area contributed by atoms with Crippen molar-refractivity contribution in [3.8, 4) is 0 Å². The molecule has 0 radical (unpaired) electrons. The Morgan fingerprint density at radius 1 is 1.06 bits per heavy atom.